The maximum Gasteiger partial charge on any atom is 0.263 e. The molecule has 6 heteroatoms. The van der Waals surface area contributed by atoms with E-state index in [0.29, 0.717) is 16.5 Å². The van der Waals surface area contributed by atoms with Gasteiger partial charge in [0.05, 0.1) is 11.4 Å². The van der Waals surface area contributed by atoms with Crippen molar-refractivity contribution in [3.05, 3.63) is 36.0 Å². The fourth-order valence-corrected chi connectivity index (χ4v) is 2.35. The highest BCUT2D eigenvalue weighted by Crippen LogP contribution is 2.33. The summed E-state index contributed by atoms with van der Waals surface area (Å²) in [6.07, 6.45) is 3.48. The molecule has 1 amide bonds. The molecular weight excluding hydrogens is 260 g/mol. The molecule has 0 unspecified atom stereocenters. The van der Waals surface area contributed by atoms with Gasteiger partial charge in [0.2, 0.25) is 0 Å². The fourth-order valence-electron chi connectivity index (χ4n) is 2.01. The molecule has 1 aliphatic rings. The molecule has 0 radical (unpaired) electrons. The molecule has 1 N–H and O–H groups in total. The van der Waals surface area contributed by atoms with E-state index < -0.39 is 0 Å². The number of fused-ring (bicyclic) bond motifs is 2. The second-order valence-corrected chi connectivity index (χ2v) is 4.90. The molecule has 1 aliphatic heterocycles. The van der Waals surface area contributed by atoms with Crippen LogP contribution in [0.4, 0.5) is 17.2 Å². The number of amides is 1. The van der Waals surface area contributed by atoms with E-state index >= 15 is 0 Å². The van der Waals surface area contributed by atoms with E-state index in [1.165, 1.54) is 11.8 Å². The molecule has 2 aromatic rings. The molecule has 0 fully saturated rings. The molecular formula is C13H12N4OS. The van der Waals surface area contributed by atoms with Gasteiger partial charge in [0.15, 0.2) is 5.16 Å². The van der Waals surface area contributed by atoms with Gasteiger partial charge in [-0.25, -0.2) is 9.97 Å². The Morgan fingerprint density at radius 1 is 1.32 bits per heavy atom. The van der Waals surface area contributed by atoms with Crippen LogP contribution in [0.2, 0.25) is 0 Å². The predicted molar refractivity (Wildman–Crippen MR) is 76.3 cm³/mol. The van der Waals surface area contributed by atoms with Gasteiger partial charge in [-0.1, -0.05) is 23.9 Å². The number of hydrogen-bond donors (Lipinski definition) is 1. The highest BCUT2D eigenvalue weighted by molar-refractivity contribution is 7.98. The van der Waals surface area contributed by atoms with E-state index in [9.17, 15) is 4.79 Å². The van der Waals surface area contributed by atoms with Crippen LogP contribution < -0.4 is 10.2 Å². The Hall–Kier alpha value is -2.08. The lowest BCUT2D eigenvalue weighted by Crippen LogP contribution is -2.25. The molecule has 0 bridgehead atoms. The molecule has 2 heterocycles. The normalized spacial score (nSPS) is 13.4. The number of carbonyl (C=O) groups is 1. The van der Waals surface area contributed by atoms with E-state index in [4.69, 9.17) is 0 Å². The van der Waals surface area contributed by atoms with Crippen LogP contribution >= 0.6 is 11.8 Å². The van der Waals surface area contributed by atoms with Crippen LogP contribution in [0, 0.1) is 0 Å². The van der Waals surface area contributed by atoms with Gasteiger partial charge in [-0.05, 0) is 18.4 Å². The van der Waals surface area contributed by atoms with Crippen molar-refractivity contribution in [2.75, 3.05) is 23.5 Å². The van der Waals surface area contributed by atoms with Gasteiger partial charge < -0.3 is 10.2 Å². The van der Waals surface area contributed by atoms with Gasteiger partial charge in [-0.2, -0.15) is 0 Å². The number of rotatable bonds is 1. The smallest absolute Gasteiger partial charge is 0.263 e. The summed E-state index contributed by atoms with van der Waals surface area (Å²) in [4.78, 5) is 22.5. The SMILES string of the molecule is CSc1ncc2c(n1)Nc1ccccc1N(C)C2=O. The van der Waals surface area contributed by atoms with Crippen molar-refractivity contribution in [3.8, 4) is 0 Å². The number of benzene rings is 1. The minimum atomic E-state index is -0.111. The van der Waals surface area contributed by atoms with Gasteiger partial charge in [0, 0.05) is 13.2 Å². The van der Waals surface area contributed by atoms with Crippen LogP contribution in [0.5, 0.6) is 0 Å². The van der Waals surface area contributed by atoms with E-state index in [1.807, 2.05) is 30.5 Å². The minimum absolute atomic E-state index is 0.111. The average Bonchev–Trinajstić information content (AvgIpc) is 2.55. The quantitative estimate of drug-likeness (QED) is 0.638. The second kappa shape index (κ2) is 4.55. The molecule has 1 aromatic carbocycles. The van der Waals surface area contributed by atoms with E-state index in [-0.39, 0.29) is 5.91 Å². The first-order chi connectivity index (χ1) is 9.20. The fraction of sp³-hybridized carbons (Fsp3) is 0.154. The van der Waals surface area contributed by atoms with Crippen molar-refractivity contribution >= 4 is 34.9 Å². The first-order valence-electron chi connectivity index (χ1n) is 5.76. The Bertz CT molecular complexity index is 659. The number of hydrogen-bond acceptors (Lipinski definition) is 5. The molecule has 0 spiro atoms. The Morgan fingerprint density at radius 3 is 2.89 bits per heavy atom. The molecule has 1 aromatic heterocycles. The van der Waals surface area contributed by atoms with E-state index in [2.05, 4.69) is 15.3 Å². The van der Waals surface area contributed by atoms with Crippen LogP contribution in [-0.2, 0) is 0 Å². The zero-order chi connectivity index (χ0) is 13.4. The number of nitrogens with one attached hydrogen (secondary N) is 1. The van der Waals surface area contributed by atoms with Gasteiger partial charge in [-0.3, -0.25) is 4.79 Å². The zero-order valence-electron chi connectivity index (χ0n) is 10.5. The van der Waals surface area contributed by atoms with Gasteiger partial charge in [-0.15, -0.1) is 0 Å². The van der Waals surface area contributed by atoms with Crippen molar-refractivity contribution in [3.63, 3.8) is 0 Å². The van der Waals surface area contributed by atoms with Crippen molar-refractivity contribution in [1.82, 2.24) is 9.97 Å². The predicted octanol–water partition coefficient (Wildman–Crippen LogP) is 2.53. The Balaban J connectivity index is 2.19. The summed E-state index contributed by atoms with van der Waals surface area (Å²) in [5.74, 6) is 0.446. The first kappa shape index (κ1) is 12.0. The van der Waals surface area contributed by atoms with Crippen LogP contribution in [0.3, 0.4) is 0 Å². The van der Waals surface area contributed by atoms with Crippen molar-refractivity contribution in [2.45, 2.75) is 5.16 Å². The van der Waals surface area contributed by atoms with Crippen LogP contribution in [0.1, 0.15) is 10.4 Å². The van der Waals surface area contributed by atoms with Crippen molar-refractivity contribution < 1.29 is 4.79 Å². The van der Waals surface area contributed by atoms with E-state index in [0.717, 1.165) is 11.4 Å². The van der Waals surface area contributed by atoms with Gasteiger partial charge >= 0.3 is 0 Å². The van der Waals surface area contributed by atoms with E-state index in [1.54, 1.807) is 18.1 Å². The number of carbonyl (C=O) groups excluding carboxylic acids is 1. The molecule has 5 nitrogen and oxygen atoms in total. The minimum Gasteiger partial charge on any atom is -0.338 e. The maximum atomic E-state index is 12.4. The Labute approximate surface area is 115 Å². The molecule has 19 heavy (non-hydrogen) atoms. The van der Waals surface area contributed by atoms with Crippen molar-refractivity contribution in [1.29, 1.82) is 0 Å². The van der Waals surface area contributed by atoms with Crippen LogP contribution in [0.25, 0.3) is 0 Å². The molecule has 0 saturated carbocycles. The maximum absolute atomic E-state index is 12.4. The molecule has 96 valence electrons. The first-order valence-corrected chi connectivity index (χ1v) is 6.98. The largest absolute Gasteiger partial charge is 0.338 e. The standard InChI is InChI=1S/C13H12N4OS/c1-17-10-6-4-3-5-9(10)15-11-8(12(17)18)7-14-13(16-11)19-2/h3-7H,1-2H3,(H,14,15,16). The molecule has 0 saturated heterocycles. The lowest BCUT2D eigenvalue weighted by molar-refractivity contribution is 0.0993. The molecule has 0 aliphatic carbocycles. The summed E-state index contributed by atoms with van der Waals surface area (Å²) in [6, 6.07) is 7.65. The number of thioether (sulfide) groups is 1. The van der Waals surface area contributed by atoms with Crippen molar-refractivity contribution in [2.24, 2.45) is 0 Å². The number of nitrogens with zero attached hydrogens (tertiary/aromatic N) is 3. The lowest BCUT2D eigenvalue weighted by Gasteiger charge is -2.16. The zero-order valence-corrected chi connectivity index (χ0v) is 11.4. The summed E-state index contributed by atoms with van der Waals surface area (Å²) >= 11 is 1.44. The summed E-state index contributed by atoms with van der Waals surface area (Å²) in [5.41, 5.74) is 2.18. The molecule has 3 rings (SSSR count). The van der Waals surface area contributed by atoms with Crippen LogP contribution in [-0.4, -0.2) is 29.2 Å². The average molecular weight is 272 g/mol. The number of anilines is 3. The summed E-state index contributed by atoms with van der Waals surface area (Å²) in [6.45, 7) is 0. The van der Waals surface area contributed by atoms with Gasteiger partial charge in [0.1, 0.15) is 11.4 Å². The van der Waals surface area contributed by atoms with Crippen LogP contribution in [0.15, 0.2) is 35.6 Å². The third kappa shape index (κ3) is 1.94. The number of para-hydroxylation sites is 2. The molecule has 0 atom stereocenters. The highest BCUT2D eigenvalue weighted by atomic mass is 32.2. The summed E-state index contributed by atoms with van der Waals surface area (Å²) < 4.78 is 0. The Kier molecular flexibility index (Phi) is 2.87. The summed E-state index contributed by atoms with van der Waals surface area (Å²) in [5, 5.41) is 3.85. The number of aromatic nitrogens is 2. The highest BCUT2D eigenvalue weighted by Gasteiger charge is 2.25. The summed E-state index contributed by atoms with van der Waals surface area (Å²) in [7, 11) is 1.75. The third-order valence-electron chi connectivity index (χ3n) is 3.00. The lowest BCUT2D eigenvalue weighted by atomic mass is 10.2. The third-order valence-corrected chi connectivity index (χ3v) is 3.56. The second-order valence-electron chi connectivity index (χ2n) is 4.13. The van der Waals surface area contributed by atoms with Gasteiger partial charge in [0.25, 0.3) is 5.91 Å². The monoisotopic (exact) mass is 272 g/mol. The topological polar surface area (TPSA) is 58.1 Å². The Morgan fingerprint density at radius 2 is 2.11 bits per heavy atom.